The van der Waals surface area contributed by atoms with E-state index in [1.54, 1.807) is 0 Å². The lowest BCUT2D eigenvalue weighted by atomic mass is 10.1. The second-order valence-corrected chi connectivity index (χ2v) is 5.11. The molecule has 23 heavy (non-hydrogen) atoms. The fourth-order valence-corrected chi connectivity index (χ4v) is 2.37. The maximum absolute atomic E-state index is 13.3. The summed E-state index contributed by atoms with van der Waals surface area (Å²) in [5.74, 6) is -1.69. The van der Waals surface area contributed by atoms with Gasteiger partial charge in [0.25, 0.3) is 5.91 Å². The minimum atomic E-state index is -0.649. The molecule has 0 bridgehead atoms. The van der Waals surface area contributed by atoms with Crippen molar-refractivity contribution in [2.45, 2.75) is 12.5 Å². The Hall–Kier alpha value is -2.81. The van der Waals surface area contributed by atoms with Gasteiger partial charge >= 0.3 is 0 Å². The van der Waals surface area contributed by atoms with Crippen LogP contribution in [0.4, 0.5) is 10.1 Å². The standard InChI is InChI=1S/C14H14FN5O3/c15-7-1-2-9-8(5-7)12(14(23)18-9)20-19-11(21)6-10-13(22)17-4-3-16-10/h1-2,5,10,16,18,23H,3-4,6H2,(H,17,22)/t10-/m0/s1. The van der Waals surface area contributed by atoms with E-state index in [1.165, 1.54) is 18.2 Å². The predicted molar refractivity (Wildman–Crippen MR) is 78.9 cm³/mol. The van der Waals surface area contributed by atoms with Crippen LogP contribution in [-0.2, 0) is 9.59 Å². The lowest BCUT2D eigenvalue weighted by Gasteiger charge is -2.21. The van der Waals surface area contributed by atoms with Crippen molar-refractivity contribution in [1.29, 1.82) is 0 Å². The van der Waals surface area contributed by atoms with Crippen LogP contribution in [0.2, 0.25) is 0 Å². The molecule has 3 rings (SSSR count). The number of piperazine rings is 1. The number of H-pyrrole nitrogens is 1. The number of aromatic nitrogens is 1. The van der Waals surface area contributed by atoms with Crippen molar-refractivity contribution in [3.8, 4) is 5.88 Å². The van der Waals surface area contributed by atoms with Crippen LogP contribution in [0, 0.1) is 5.82 Å². The third-order valence-corrected chi connectivity index (χ3v) is 3.49. The number of nitrogens with one attached hydrogen (secondary N) is 3. The van der Waals surface area contributed by atoms with E-state index in [9.17, 15) is 19.1 Å². The Kier molecular flexibility index (Phi) is 4.02. The molecule has 0 spiro atoms. The van der Waals surface area contributed by atoms with Gasteiger partial charge in [-0.2, -0.15) is 0 Å². The number of aromatic hydroxyl groups is 1. The molecule has 1 aliphatic rings. The number of halogens is 1. The molecule has 120 valence electrons. The summed E-state index contributed by atoms with van der Waals surface area (Å²) in [6.07, 6.45) is -0.146. The first-order valence-electron chi connectivity index (χ1n) is 7.00. The van der Waals surface area contributed by atoms with E-state index in [2.05, 4.69) is 25.8 Å². The molecular formula is C14H14FN5O3. The molecule has 1 atom stereocenters. The Morgan fingerprint density at radius 3 is 3.00 bits per heavy atom. The summed E-state index contributed by atoms with van der Waals surface area (Å²) in [7, 11) is 0. The van der Waals surface area contributed by atoms with Gasteiger partial charge in [-0.1, -0.05) is 0 Å². The number of amides is 2. The highest BCUT2D eigenvalue weighted by molar-refractivity contribution is 5.94. The molecule has 1 aromatic heterocycles. The Morgan fingerprint density at radius 2 is 2.22 bits per heavy atom. The summed E-state index contributed by atoms with van der Waals surface area (Å²) in [5, 5.41) is 22.8. The van der Waals surface area contributed by atoms with Crippen LogP contribution in [0.25, 0.3) is 10.9 Å². The van der Waals surface area contributed by atoms with Crippen LogP contribution < -0.4 is 10.6 Å². The van der Waals surface area contributed by atoms with Gasteiger partial charge in [-0.25, -0.2) is 4.39 Å². The summed E-state index contributed by atoms with van der Waals surface area (Å²) in [4.78, 5) is 26.0. The van der Waals surface area contributed by atoms with Gasteiger partial charge in [0.15, 0.2) is 5.69 Å². The predicted octanol–water partition coefficient (Wildman–Crippen LogP) is 1.10. The van der Waals surface area contributed by atoms with Crippen molar-refractivity contribution < 1.29 is 19.1 Å². The van der Waals surface area contributed by atoms with Gasteiger partial charge in [0.1, 0.15) is 5.82 Å². The SMILES string of the molecule is O=C(C[C@@H]1NCCNC1=O)N=Nc1c(O)[nH]c2ccc(F)cc12. The van der Waals surface area contributed by atoms with Crippen molar-refractivity contribution in [3.05, 3.63) is 24.0 Å². The maximum Gasteiger partial charge on any atom is 0.266 e. The van der Waals surface area contributed by atoms with Gasteiger partial charge in [0, 0.05) is 18.5 Å². The normalized spacial score (nSPS) is 18.5. The molecule has 0 unspecified atom stereocenters. The zero-order valence-electron chi connectivity index (χ0n) is 12.0. The molecule has 0 aliphatic carbocycles. The number of rotatable bonds is 3. The largest absolute Gasteiger partial charge is 0.493 e. The smallest absolute Gasteiger partial charge is 0.266 e. The summed E-state index contributed by atoms with van der Waals surface area (Å²) >= 11 is 0. The van der Waals surface area contributed by atoms with Crippen molar-refractivity contribution in [1.82, 2.24) is 15.6 Å². The number of hydrogen-bond donors (Lipinski definition) is 4. The molecule has 2 aromatic rings. The Balaban J connectivity index is 1.77. The van der Waals surface area contributed by atoms with E-state index in [0.717, 1.165) is 0 Å². The van der Waals surface area contributed by atoms with Crippen LogP contribution in [-0.4, -0.2) is 41.0 Å². The first-order valence-corrected chi connectivity index (χ1v) is 7.00. The molecule has 4 N–H and O–H groups in total. The second kappa shape index (κ2) is 6.13. The Labute approximate surface area is 129 Å². The third-order valence-electron chi connectivity index (χ3n) is 3.49. The number of carbonyl (C=O) groups is 2. The van der Waals surface area contributed by atoms with Crippen LogP contribution >= 0.6 is 0 Å². The highest BCUT2D eigenvalue weighted by Crippen LogP contribution is 2.35. The maximum atomic E-state index is 13.3. The first kappa shape index (κ1) is 15.1. The van der Waals surface area contributed by atoms with E-state index in [4.69, 9.17) is 0 Å². The minimum Gasteiger partial charge on any atom is -0.493 e. The van der Waals surface area contributed by atoms with Crippen molar-refractivity contribution >= 4 is 28.4 Å². The third kappa shape index (κ3) is 3.19. The average molecular weight is 319 g/mol. The molecule has 0 saturated carbocycles. The summed E-state index contributed by atoms with van der Waals surface area (Å²) < 4.78 is 13.3. The number of aromatic amines is 1. The molecule has 8 nitrogen and oxygen atoms in total. The molecule has 1 fully saturated rings. The van der Waals surface area contributed by atoms with E-state index in [0.29, 0.717) is 24.0 Å². The van der Waals surface area contributed by atoms with Crippen molar-refractivity contribution in [2.75, 3.05) is 13.1 Å². The number of nitrogens with zero attached hydrogens (tertiary/aromatic N) is 2. The zero-order valence-corrected chi connectivity index (χ0v) is 12.0. The highest BCUT2D eigenvalue weighted by atomic mass is 19.1. The number of benzene rings is 1. The van der Waals surface area contributed by atoms with Crippen LogP contribution in [0.5, 0.6) is 5.88 Å². The van der Waals surface area contributed by atoms with Crippen LogP contribution in [0.3, 0.4) is 0 Å². The summed E-state index contributed by atoms with van der Waals surface area (Å²) in [6.45, 7) is 1.09. The molecule has 1 aromatic carbocycles. The van der Waals surface area contributed by atoms with E-state index >= 15 is 0 Å². The number of carbonyl (C=O) groups excluding carboxylic acids is 2. The number of azo groups is 1. The van der Waals surface area contributed by atoms with Gasteiger partial charge in [0.05, 0.1) is 18.0 Å². The van der Waals surface area contributed by atoms with Gasteiger partial charge in [0.2, 0.25) is 11.8 Å². The zero-order chi connectivity index (χ0) is 16.4. The molecule has 9 heteroatoms. The lowest BCUT2D eigenvalue weighted by Crippen LogP contribution is -2.53. The van der Waals surface area contributed by atoms with Crippen molar-refractivity contribution in [3.63, 3.8) is 0 Å². The van der Waals surface area contributed by atoms with E-state index in [1.807, 2.05) is 0 Å². The minimum absolute atomic E-state index is 0.0195. The highest BCUT2D eigenvalue weighted by Gasteiger charge is 2.24. The van der Waals surface area contributed by atoms with Crippen LogP contribution in [0.15, 0.2) is 28.4 Å². The summed E-state index contributed by atoms with van der Waals surface area (Å²) in [5.41, 5.74) is 0.451. The summed E-state index contributed by atoms with van der Waals surface area (Å²) in [6, 6.07) is 3.21. The van der Waals surface area contributed by atoms with Crippen molar-refractivity contribution in [2.24, 2.45) is 10.2 Å². The average Bonchev–Trinajstić information content (AvgIpc) is 2.82. The topological polar surface area (TPSA) is 119 Å². The quantitative estimate of drug-likeness (QED) is 0.633. The molecule has 1 saturated heterocycles. The van der Waals surface area contributed by atoms with Gasteiger partial charge in [-0.05, 0) is 18.2 Å². The lowest BCUT2D eigenvalue weighted by molar-refractivity contribution is -0.128. The van der Waals surface area contributed by atoms with Crippen LogP contribution in [0.1, 0.15) is 6.42 Å². The van der Waals surface area contributed by atoms with E-state index in [-0.39, 0.29) is 23.9 Å². The molecule has 2 heterocycles. The molecular weight excluding hydrogens is 305 g/mol. The fraction of sp³-hybridized carbons (Fsp3) is 0.286. The fourth-order valence-electron chi connectivity index (χ4n) is 2.37. The number of hydrogen-bond acceptors (Lipinski definition) is 5. The van der Waals surface area contributed by atoms with Gasteiger partial charge in [-0.15, -0.1) is 10.2 Å². The molecule has 0 radical (unpaired) electrons. The van der Waals surface area contributed by atoms with E-state index < -0.39 is 17.8 Å². The molecule has 2 amide bonds. The number of fused-ring (bicyclic) bond motifs is 1. The van der Waals surface area contributed by atoms with Gasteiger partial charge < -0.3 is 20.7 Å². The second-order valence-electron chi connectivity index (χ2n) is 5.11. The Bertz CT molecular complexity index is 801. The molecule has 1 aliphatic heterocycles. The Morgan fingerprint density at radius 1 is 1.39 bits per heavy atom. The first-order chi connectivity index (χ1) is 11.0. The van der Waals surface area contributed by atoms with Gasteiger partial charge in [-0.3, -0.25) is 9.59 Å². The monoisotopic (exact) mass is 319 g/mol.